The van der Waals surface area contributed by atoms with Crippen molar-refractivity contribution in [3.63, 3.8) is 0 Å². The molecule has 0 spiro atoms. The number of alkyl halides is 2. The molecule has 0 saturated heterocycles. The summed E-state index contributed by atoms with van der Waals surface area (Å²) in [6, 6.07) is -0.0876. The topological polar surface area (TPSA) is 27.6 Å². The maximum atomic E-state index is 13.1. The number of unbranched alkanes of at least 4 members (excludes halogenated alkanes) is 2. The van der Waals surface area contributed by atoms with Crippen molar-refractivity contribution < 1.29 is 14.5 Å². The fraction of sp³-hybridized carbons (Fsp3) is 1.00. The summed E-state index contributed by atoms with van der Waals surface area (Å²) >= 11 is 0. The van der Waals surface area contributed by atoms with Crippen LogP contribution in [-0.2, 0) is 0 Å². The second-order valence-electron chi connectivity index (χ2n) is 3.22. The van der Waals surface area contributed by atoms with Crippen LogP contribution in [0.15, 0.2) is 0 Å². The second-order valence-corrected chi connectivity index (χ2v) is 3.22. The van der Waals surface area contributed by atoms with Gasteiger partial charge in [0.05, 0.1) is 6.67 Å². The Morgan fingerprint density at radius 1 is 1.25 bits per heavy atom. The summed E-state index contributed by atoms with van der Waals surface area (Å²) in [4.78, 5) is 0. The Labute approximate surface area is 73.3 Å². The molecule has 1 nitrogen and oxygen atoms in total. The first kappa shape index (κ1) is 11.8. The molecule has 0 aromatic heterocycles. The minimum absolute atomic E-state index is 0.0876. The van der Waals surface area contributed by atoms with Crippen LogP contribution in [0.5, 0.6) is 0 Å². The van der Waals surface area contributed by atoms with E-state index in [1.165, 1.54) is 0 Å². The molecule has 0 heterocycles. The maximum Gasteiger partial charge on any atom is 0.151 e. The van der Waals surface area contributed by atoms with Crippen LogP contribution >= 0.6 is 0 Å². The Bertz CT molecular complexity index is 98.5. The molecular formula is C9H20F2N+. The van der Waals surface area contributed by atoms with Crippen LogP contribution < -0.4 is 5.73 Å². The van der Waals surface area contributed by atoms with Crippen molar-refractivity contribution in [1.82, 2.24) is 0 Å². The molecule has 0 bridgehead atoms. The van der Waals surface area contributed by atoms with Crippen molar-refractivity contribution in [1.29, 1.82) is 0 Å². The first-order valence-corrected chi connectivity index (χ1v) is 4.75. The van der Waals surface area contributed by atoms with E-state index in [2.05, 4.69) is 5.73 Å². The molecule has 3 N–H and O–H groups in total. The van der Waals surface area contributed by atoms with Crippen molar-refractivity contribution in [2.45, 2.75) is 51.2 Å². The first-order chi connectivity index (χ1) is 5.72. The molecule has 0 amide bonds. The maximum absolute atomic E-state index is 13.1. The van der Waals surface area contributed by atoms with E-state index in [9.17, 15) is 8.78 Å². The molecule has 0 aliphatic rings. The Hall–Kier alpha value is -0.180. The van der Waals surface area contributed by atoms with Gasteiger partial charge in [0.1, 0.15) is 6.04 Å². The van der Waals surface area contributed by atoms with E-state index in [4.69, 9.17) is 0 Å². The van der Waals surface area contributed by atoms with Crippen molar-refractivity contribution >= 4 is 0 Å². The van der Waals surface area contributed by atoms with E-state index in [1.54, 1.807) is 0 Å². The van der Waals surface area contributed by atoms with Crippen molar-refractivity contribution in [3.05, 3.63) is 0 Å². The molecule has 2 atom stereocenters. The predicted octanol–water partition coefficient (Wildman–Crippen LogP) is 1.87. The summed E-state index contributed by atoms with van der Waals surface area (Å²) < 4.78 is 24.7. The van der Waals surface area contributed by atoms with Gasteiger partial charge in [0.15, 0.2) is 6.17 Å². The van der Waals surface area contributed by atoms with Crippen LogP contribution in [0.25, 0.3) is 0 Å². The van der Waals surface area contributed by atoms with Gasteiger partial charge in [-0.05, 0) is 19.3 Å². The number of rotatable bonds is 7. The van der Waals surface area contributed by atoms with Gasteiger partial charge >= 0.3 is 0 Å². The molecule has 3 heteroatoms. The molecule has 0 aliphatic heterocycles. The van der Waals surface area contributed by atoms with E-state index in [0.717, 1.165) is 19.3 Å². The summed E-state index contributed by atoms with van der Waals surface area (Å²) in [5.41, 5.74) is 3.71. The SMILES string of the molecule is CCC([NH3+])C(F)CCCCCF. The third kappa shape index (κ3) is 5.47. The Kier molecular flexibility index (Phi) is 7.36. The van der Waals surface area contributed by atoms with Gasteiger partial charge in [-0.15, -0.1) is 0 Å². The number of hydrogen-bond donors (Lipinski definition) is 1. The van der Waals surface area contributed by atoms with Crippen LogP contribution in [0, 0.1) is 0 Å². The molecule has 0 saturated carbocycles. The standard InChI is InChI=1S/C9H19F2N/c1-2-9(12)8(11)6-4-3-5-7-10/h8-9H,2-7,12H2,1H3/p+1. The van der Waals surface area contributed by atoms with Gasteiger partial charge in [0, 0.05) is 0 Å². The number of quaternary nitrogens is 1. The lowest BCUT2D eigenvalue weighted by Crippen LogP contribution is -2.64. The van der Waals surface area contributed by atoms with E-state index in [-0.39, 0.29) is 12.7 Å². The summed E-state index contributed by atoms with van der Waals surface area (Å²) in [7, 11) is 0. The fourth-order valence-corrected chi connectivity index (χ4v) is 1.10. The van der Waals surface area contributed by atoms with Crippen LogP contribution in [0.3, 0.4) is 0 Å². The molecule has 2 unspecified atom stereocenters. The largest absolute Gasteiger partial charge is 0.353 e. The quantitative estimate of drug-likeness (QED) is 0.579. The van der Waals surface area contributed by atoms with Crippen molar-refractivity contribution in [2.24, 2.45) is 0 Å². The van der Waals surface area contributed by atoms with E-state index >= 15 is 0 Å². The van der Waals surface area contributed by atoms with Crippen LogP contribution in [0.1, 0.15) is 39.0 Å². The molecule has 0 rings (SSSR count). The molecule has 0 fully saturated rings. The van der Waals surface area contributed by atoms with E-state index < -0.39 is 6.17 Å². The predicted molar refractivity (Wildman–Crippen MR) is 46.3 cm³/mol. The Morgan fingerprint density at radius 2 is 1.92 bits per heavy atom. The van der Waals surface area contributed by atoms with Crippen molar-refractivity contribution in [2.75, 3.05) is 6.67 Å². The summed E-state index contributed by atoms with van der Waals surface area (Å²) in [6.07, 6.45) is 2.69. The molecule has 0 aromatic carbocycles. The zero-order chi connectivity index (χ0) is 9.40. The van der Waals surface area contributed by atoms with Crippen LogP contribution in [-0.4, -0.2) is 18.9 Å². The fourth-order valence-electron chi connectivity index (χ4n) is 1.10. The van der Waals surface area contributed by atoms with Gasteiger partial charge in [-0.2, -0.15) is 0 Å². The molecule has 0 aliphatic carbocycles. The van der Waals surface area contributed by atoms with Gasteiger partial charge in [0.2, 0.25) is 0 Å². The minimum Gasteiger partial charge on any atom is -0.353 e. The summed E-state index contributed by atoms with van der Waals surface area (Å²) in [6.45, 7) is 1.66. The van der Waals surface area contributed by atoms with E-state index in [0.29, 0.717) is 12.8 Å². The lowest BCUT2D eigenvalue weighted by molar-refractivity contribution is -0.433. The van der Waals surface area contributed by atoms with Crippen LogP contribution in [0.2, 0.25) is 0 Å². The normalized spacial score (nSPS) is 16.0. The highest BCUT2D eigenvalue weighted by Crippen LogP contribution is 2.10. The second kappa shape index (κ2) is 7.47. The highest BCUT2D eigenvalue weighted by Gasteiger charge is 2.16. The molecule has 0 aromatic rings. The summed E-state index contributed by atoms with van der Waals surface area (Å²) in [5.74, 6) is 0. The Morgan fingerprint density at radius 3 is 2.42 bits per heavy atom. The minimum atomic E-state index is -0.797. The Balaban J connectivity index is 3.24. The van der Waals surface area contributed by atoms with Gasteiger partial charge in [0.25, 0.3) is 0 Å². The number of hydrogen-bond acceptors (Lipinski definition) is 0. The molecule has 74 valence electrons. The lowest BCUT2D eigenvalue weighted by atomic mass is 10.0. The monoisotopic (exact) mass is 180 g/mol. The first-order valence-electron chi connectivity index (χ1n) is 4.75. The smallest absolute Gasteiger partial charge is 0.151 e. The molecular weight excluding hydrogens is 160 g/mol. The van der Waals surface area contributed by atoms with Crippen LogP contribution in [0.4, 0.5) is 8.78 Å². The number of halogens is 2. The third-order valence-electron chi connectivity index (χ3n) is 2.15. The van der Waals surface area contributed by atoms with Gasteiger partial charge in [-0.3, -0.25) is 4.39 Å². The average Bonchev–Trinajstić information content (AvgIpc) is 2.10. The van der Waals surface area contributed by atoms with Gasteiger partial charge in [-0.25, -0.2) is 4.39 Å². The average molecular weight is 180 g/mol. The zero-order valence-corrected chi connectivity index (χ0v) is 7.86. The van der Waals surface area contributed by atoms with Gasteiger partial charge in [-0.1, -0.05) is 19.8 Å². The third-order valence-corrected chi connectivity index (χ3v) is 2.15. The zero-order valence-electron chi connectivity index (χ0n) is 7.86. The molecule has 12 heavy (non-hydrogen) atoms. The molecule has 0 radical (unpaired) electrons. The highest BCUT2D eigenvalue weighted by atomic mass is 19.1. The van der Waals surface area contributed by atoms with Gasteiger partial charge < -0.3 is 5.73 Å². The highest BCUT2D eigenvalue weighted by molar-refractivity contribution is 4.64. The van der Waals surface area contributed by atoms with E-state index in [1.807, 2.05) is 6.92 Å². The van der Waals surface area contributed by atoms with Crippen molar-refractivity contribution in [3.8, 4) is 0 Å². The summed E-state index contributed by atoms with van der Waals surface area (Å²) in [5, 5.41) is 0. The lowest BCUT2D eigenvalue weighted by Gasteiger charge is -2.10.